The molecule has 3 aromatic rings. The van der Waals surface area contributed by atoms with Crippen LogP contribution in [0.25, 0.3) is 0 Å². The normalized spacial score (nSPS) is 12.0. The topological polar surface area (TPSA) is 90.1 Å². The van der Waals surface area contributed by atoms with Crippen molar-refractivity contribution < 1.29 is 14.1 Å². The number of aryl methyl sites for hydroxylation is 2. The van der Waals surface area contributed by atoms with E-state index in [4.69, 9.17) is 9.26 Å². The smallest absolute Gasteiger partial charge is 0.279 e. The summed E-state index contributed by atoms with van der Waals surface area (Å²) in [6.07, 6.45) is 0.397. The van der Waals surface area contributed by atoms with E-state index in [2.05, 4.69) is 20.7 Å². The highest BCUT2D eigenvalue weighted by Crippen LogP contribution is 2.29. The highest BCUT2D eigenvalue weighted by Gasteiger charge is 2.18. The van der Waals surface area contributed by atoms with Gasteiger partial charge in [-0.3, -0.25) is 10.1 Å². The van der Waals surface area contributed by atoms with E-state index in [0.29, 0.717) is 22.3 Å². The highest BCUT2D eigenvalue weighted by atomic mass is 32.1. The van der Waals surface area contributed by atoms with Gasteiger partial charge in [-0.25, -0.2) is 0 Å². The van der Waals surface area contributed by atoms with Crippen LogP contribution in [0.15, 0.2) is 28.8 Å². The SMILES string of the molecule is CCc1cc(C(=O)Nc2nnc(C(C)Oc3cccc(C)c3C)s2)no1. The summed E-state index contributed by atoms with van der Waals surface area (Å²) < 4.78 is 11.0. The second-order valence-corrected chi connectivity index (χ2v) is 6.90. The van der Waals surface area contributed by atoms with E-state index < -0.39 is 0 Å². The Kier molecular flexibility index (Phi) is 5.32. The molecular weight excluding hydrogens is 352 g/mol. The quantitative estimate of drug-likeness (QED) is 0.701. The summed E-state index contributed by atoms with van der Waals surface area (Å²) in [6.45, 7) is 7.89. The summed E-state index contributed by atoms with van der Waals surface area (Å²) >= 11 is 1.27. The average Bonchev–Trinajstić information content (AvgIpc) is 3.28. The maximum Gasteiger partial charge on any atom is 0.279 e. The molecule has 26 heavy (non-hydrogen) atoms. The summed E-state index contributed by atoms with van der Waals surface area (Å²) in [5, 5.41) is 15.6. The molecule has 3 rings (SSSR count). The van der Waals surface area contributed by atoms with Crippen LogP contribution in [0.5, 0.6) is 5.75 Å². The fourth-order valence-corrected chi connectivity index (χ4v) is 3.01. The number of ether oxygens (including phenoxy) is 1. The molecule has 7 nitrogen and oxygen atoms in total. The van der Waals surface area contributed by atoms with Crippen LogP contribution < -0.4 is 10.1 Å². The summed E-state index contributed by atoms with van der Waals surface area (Å²) in [4.78, 5) is 12.2. The fraction of sp³-hybridized carbons (Fsp3) is 0.333. The van der Waals surface area contributed by atoms with Gasteiger partial charge in [-0.15, -0.1) is 10.2 Å². The van der Waals surface area contributed by atoms with Gasteiger partial charge in [-0.2, -0.15) is 0 Å². The summed E-state index contributed by atoms with van der Waals surface area (Å²) in [6, 6.07) is 7.54. The molecule has 136 valence electrons. The lowest BCUT2D eigenvalue weighted by Gasteiger charge is -2.14. The third kappa shape index (κ3) is 3.91. The van der Waals surface area contributed by atoms with Crippen molar-refractivity contribution in [3.8, 4) is 5.75 Å². The molecule has 0 saturated heterocycles. The third-order valence-electron chi connectivity index (χ3n) is 4.01. The molecule has 0 radical (unpaired) electrons. The molecule has 0 aliphatic heterocycles. The number of hydrogen-bond acceptors (Lipinski definition) is 7. The van der Waals surface area contributed by atoms with Crippen molar-refractivity contribution in [3.63, 3.8) is 0 Å². The zero-order chi connectivity index (χ0) is 18.7. The van der Waals surface area contributed by atoms with E-state index in [1.165, 1.54) is 16.9 Å². The van der Waals surface area contributed by atoms with Gasteiger partial charge in [-0.05, 0) is 38.0 Å². The predicted molar refractivity (Wildman–Crippen MR) is 98.7 cm³/mol. The lowest BCUT2D eigenvalue weighted by molar-refractivity contribution is 0.101. The number of nitrogens with zero attached hydrogens (tertiary/aromatic N) is 3. The van der Waals surface area contributed by atoms with Crippen molar-refractivity contribution in [1.82, 2.24) is 15.4 Å². The van der Waals surface area contributed by atoms with Crippen LogP contribution in [0.4, 0.5) is 5.13 Å². The number of amides is 1. The average molecular weight is 372 g/mol. The van der Waals surface area contributed by atoms with Crippen molar-refractivity contribution in [2.24, 2.45) is 0 Å². The first kappa shape index (κ1) is 18.1. The van der Waals surface area contributed by atoms with E-state index in [1.807, 2.05) is 45.9 Å². The number of hydrogen-bond donors (Lipinski definition) is 1. The zero-order valence-electron chi connectivity index (χ0n) is 15.1. The van der Waals surface area contributed by atoms with Gasteiger partial charge in [-0.1, -0.05) is 35.5 Å². The second kappa shape index (κ2) is 7.65. The Balaban J connectivity index is 1.67. The fourth-order valence-electron chi connectivity index (χ4n) is 2.29. The molecule has 8 heteroatoms. The van der Waals surface area contributed by atoms with Gasteiger partial charge in [0.2, 0.25) is 5.13 Å². The molecule has 2 aromatic heterocycles. The van der Waals surface area contributed by atoms with Gasteiger partial charge >= 0.3 is 0 Å². The van der Waals surface area contributed by atoms with Gasteiger partial charge in [0, 0.05) is 12.5 Å². The zero-order valence-corrected chi connectivity index (χ0v) is 15.9. The molecule has 1 amide bonds. The molecule has 0 aliphatic rings. The lowest BCUT2D eigenvalue weighted by Crippen LogP contribution is -2.11. The van der Waals surface area contributed by atoms with Crippen molar-refractivity contribution in [2.45, 2.75) is 40.2 Å². The monoisotopic (exact) mass is 372 g/mol. The molecular formula is C18H20N4O3S. The van der Waals surface area contributed by atoms with Gasteiger partial charge in [0.05, 0.1) is 0 Å². The molecule has 1 unspecified atom stereocenters. The highest BCUT2D eigenvalue weighted by molar-refractivity contribution is 7.15. The lowest BCUT2D eigenvalue weighted by atomic mass is 10.1. The first-order chi connectivity index (χ1) is 12.5. The van der Waals surface area contributed by atoms with E-state index in [9.17, 15) is 4.79 Å². The number of carbonyl (C=O) groups excluding carboxylic acids is 1. The van der Waals surface area contributed by atoms with Gasteiger partial charge in [0.15, 0.2) is 10.7 Å². The minimum absolute atomic E-state index is 0.221. The molecule has 1 aromatic carbocycles. The van der Waals surface area contributed by atoms with E-state index >= 15 is 0 Å². The Morgan fingerprint density at radius 3 is 2.88 bits per heavy atom. The largest absolute Gasteiger partial charge is 0.483 e. The van der Waals surface area contributed by atoms with Crippen LogP contribution >= 0.6 is 11.3 Å². The first-order valence-corrected chi connectivity index (χ1v) is 9.12. The van der Waals surface area contributed by atoms with Crippen molar-refractivity contribution in [2.75, 3.05) is 5.32 Å². The Hall–Kier alpha value is -2.74. The Bertz CT molecular complexity index is 919. The van der Waals surface area contributed by atoms with E-state index in [1.54, 1.807) is 6.07 Å². The standard InChI is InChI=1S/C18H20N4O3S/c1-5-13-9-14(22-25-13)16(23)19-18-21-20-17(26-18)12(4)24-15-8-6-7-10(2)11(15)3/h6-9,12H,5H2,1-4H3,(H,19,21,23). The molecule has 0 fully saturated rings. The van der Waals surface area contributed by atoms with Gasteiger partial charge < -0.3 is 9.26 Å². The number of benzene rings is 1. The van der Waals surface area contributed by atoms with Crippen LogP contribution in [0.2, 0.25) is 0 Å². The maximum absolute atomic E-state index is 12.2. The Labute approximate surface area is 155 Å². The van der Waals surface area contributed by atoms with Crippen LogP contribution in [0.1, 0.15) is 52.3 Å². The molecule has 0 saturated carbocycles. The summed E-state index contributed by atoms with van der Waals surface area (Å²) in [5.41, 5.74) is 2.48. The van der Waals surface area contributed by atoms with Crippen LogP contribution in [0, 0.1) is 13.8 Å². The third-order valence-corrected chi connectivity index (χ3v) is 5.01. The van der Waals surface area contributed by atoms with Gasteiger partial charge in [0.25, 0.3) is 5.91 Å². The molecule has 0 spiro atoms. The van der Waals surface area contributed by atoms with E-state index in [-0.39, 0.29) is 17.7 Å². The van der Waals surface area contributed by atoms with Crippen LogP contribution in [-0.2, 0) is 6.42 Å². The maximum atomic E-state index is 12.2. The van der Waals surface area contributed by atoms with E-state index in [0.717, 1.165) is 11.3 Å². The number of aromatic nitrogens is 3. The summed E-state index contributed by atoms with van der Waals surface area (Å²) in [7, 11) is 0. The first-order valence-electron chi connectivity index (χ1n) is 8.31. The summed E-state index contributed by atoms with van der Waals surface area (Å²) in [5.74, 6) is 1.09. The van der Waals surface area contributed by atoms with Crippen molar-refractivity contribution in [1.29, 1.82) is 0 Å². The molecule has 0 bridgehead atoms. The molecule has 1 N–H and O–H groups in total. The van der Waals surface area contributed by atoms with Crippen molar-refractivity contribution in [3.05, 3.63) is 51.9 Å². The molecule has 0 aliphatic carbocycles. The number of nitrogens with one attached hydrogen (secondary N) is 1. The van der Waals surface area contributed by atoms with Crippen LogP contribution in [0.3, 0.4) is 0 Å². The van der Waals surface area contributed by atoms with Crippen molar-refractivity contribution >= 4 is 22.4 Å². The van der Waals surface area contributed by atoms with Gasteiger partial charge in [0.1, 0.15) is 17.6 Å². The predicted octanol–water partition coefficient (Wildman–Crippen LogP) is 4.10. The molecule has 2 heterocycles. The minimum atomic E-state index is -0.376. The minimum Gasteiger partial charge on any atom is -0.483 e. The second-order valence-electron chi connectivity index (χ2n) is 5.89. The van der Waals surface area contributed by atoms with Crippen LogP contribution in [-0.4, -0.2) is 21.3 Å². The molecule has 1 atom stereocenters. The number of rotatable bonds is 6. The Morgan fingerprint density at radius 1 is 1.35 bits per heavy atom. The number of anilines is 1. The number of carbonyl (C=O) groups is 1. The Morgan fingerprint density at radius 2 is 2.15 bits per heavy atom.